The van der Waals surface area contributed by atoms with Crippen molar-refractivity contribution in [2.24, 2.45) is 0 Å². The summed E-state index contributed by atoms with van der Waals surface area (Å²) in [5.74, 6) is 0.917. The molecule has 0 aliphatic heterocycles. The number of aryl methyl sites for hydroxylation is 1. The first-order valence-corrected chi connectivity index (χ1v) is 12.6. The SMILES string of the molecule is COc1ccc(-c2nc(NC(=O)c3ccc(S(=O)(=O)N(C)Cc4ccco4)cc3)sc2C)cc1. The van der Waals surface area contributed by atoms with Gasteiger partial charge in [-0.3, -0.25) is 10.1 Å². The number of thiazole rings is 1. The maximum absolute atomic E-state index is 12.8. The summed E-state index contributed by atoms with van der Waals surface area (Å²) in [5.41, 5.74) is 2.03. The Morgan fingerprint density at radius 2 is 1.82 bits per heavy atom. The lowest BCUT2D eigenvalue weighted by Crippen LogP contribution is -2.26. The van der Waals surface area contributed by atoms with E-state index in [9.17, 15) is 13.2 Å². The molecule has 176 valence electrons. The molecular formula is C24H23N3O5S2. The Kier molecular flexibility index (Phi) is 6.82. The van der Waals surface area contributed by atoms with Gasteiger partial charge < -0.3 is 9.15 Å². The third-order valence-corrected chi connectivity index (χ3v) is 7.87. The molecule has 0 fully saturated rings. The Balaban J connectivity index is 1.46. The molecule has 0 aliphatic rings. The summed E-state index contributed by atoms with van der Waals surface area (Å²) in [4.78, 5) is 18.3. The van der Waals surface area contributed by atoms with E-state index in [-0.39, 0.29) is 17.3 Å². The van der Waals surface area contributed by atoms with E-state index in [4.69, 9.17) is 9.15 Å². The van der Waals surface area contributed by atoms with Crippen LogP contribution in [0.4, 0.5) is 5.13 Å². The quantitative estimate of drug-likeness (QED) is 0.375. The second-order valence-corrected chi connectivity index (χ2v) is 10.7. The Morgan fingerprint density at radius 3 is 2.44 bits per heavy atom. The van der Waals surface area contributed by atoms with Crippen molar-refractivity contribution < 1.29 is 22.4 Å². The molecule has 34 heavy (non-hydrogen) atoms. The first kappa shape index (κ1) is 23.7. The molecule has 1 amide bonds. The predicted molar refractivity (Wildman–Crippen MR) is 131 cm³/mol. The molecule has 0 spiro atoms. The van der Waals surface area contributed by atoms with Gasteiger partial charge in [-0.2, -0.15) is 4.31 Å². The van der Waals surface area contributed by atoms with Crippen LogP contribution in [0.2, 0.25) is 0 Å². The van der Waals surface area contributed by atoms with E-state index in [0.717, 1.165) is 21.9 Å². The van der Waals surface area contributed by atoms with E-state index in [1.54, 1.807) is 19.2 Å². The first-order valence-electron chi connectivity index (χ1n) is 10.3. The van der Waals surface area contributed by atoms with Gasteiger partial charge in [0.15, 0.2) is 5.13 Å². The van der Waals surface area contributed by atoms with Crippen LogP contribution in [0.1, 0.15) is 21.0 Å². The Bertz CT molecular complexity index is 1380. The van der Waals surface area contributed by atoms with Crippen LogP contribution < -0.4 is 10.1 Å². The number of nitrogens with zero attached hydrogens (tertiary/aromatic N) is 2. The lowest BCUT2D eigenvalue weighted by Gasteiger charge is -2.16. The molecule has 1 N–H and O–H groups in total. The van der Waals surface area contributed by atoms with Crippen LogP contribution in [-0.4, -0.2) is 37.8 Å². The first-order chi connectivity index (χ1) is 16.3. The maximum Gasteiger partial charge on any atom is 0.257 e. The van der Waals surface area contributed by atoms with Gasteiger partial charge in [-0.1, -0.05) is 0 Å². The monoisotopic (exact) mass is 497 g/mol. The Labute approximate surface area is 201 Å². The zero-order valence-electron chi connectivity index (χ0n) is 18.8. The number of hydrogen-bond acceptors (Lipinski definition) is 7. The van der Waals surface area contributed by atoms with Gasteiger partial charge in [-0.25, -0.2) is 13.4 Å². The highest BCUT2D eigenvalue weighted by atomic mass is 32.2. The summed E-state index contributed by atoms with van der Waals surface area (Å²) in [7, 11) is -0.647. The van der Waals surface area contributed by atoms with Crippen LogP contribution in [0, 0.1) is 6.92 Å². The van der Waals surface area contributed by atoms with E-state index < -0.39 is 10.0 Å². The van der Waals surface area contributed by atoms with Gasteiger partial charge in [0.25, 0.3) is 5.91 Å². The number of methoxy groups -OCH3 is 1. The van der Waals surface area contributed by atoms with E-state index >= 15 is 0 Å². The molecule has 0 radical (unpaired) electrons. The predicted octanol–water partition coefficient (Wildman–Crippen LogP) is 4.79. The van der Waals surface area contributed by atoms with Crippen LogP contribution >= 0.6 is 11.3 Å². The Hall–Kier alpha value is -3.47. The smallest absolute Gasteiger partial charge is 0.257 e. The number of rotatable bonds is 8. The lowest BCUT2D eigenvalue weighted by molar-refractivity contribution is 0.102. The average molecular weight is 498 g/mol. The highest BCUT2D eigenvalue weighted by Gasteiger charge is 2.22. The van der Waals surface area contributed by atoms with E-state index in [1.165, 1.54) is 53.2 Å². The molecule has 0 atom stereocenters. The minimum absolute atomic E-state index is 0.0880. The maximum atomic E-state index is 12.8. The number of ether oxygens (including phenoxy) is 1. The van der Waals surface area contributed by atoms with Crippen molar-refractivity contribution in [3.8, 4) is 17.0 Å². The van der Waals surface area contributed by atoms with Crippen LogP contribution in [0.15, 0.2) is 76.2 Å². The molecule has 2 heterocycles. The van der Waals surface area contributed by atoms with Crippen molar-refractivity contribution in [2.75, 3.05) is 19.5 Å². The standard InChI is InChI=1S/C24H23N3O5S2/c1-16-22(17-6-10-19(31-3)11-7-17)25-24(33-16)26-23(28)18-8-12-21(13-9-18)34(29,30)27(2)15-20-5-4-14-32-20/h4-14H,15H2,1-3H3,(H,25,26,28). The number of nitrogens with one attached hydrogen (secondary N) is 1. The molecule has 0 bridgehead atoms. The summed E-state index contributed by atoms with van der Waals surface area (Å²) in [6.07, 6.45) is 1.49. The van der Waals surface area contributed by atoms with Gasteiger partial charge in [-0.15, -0.1) is 11.3 Å². The summed E-state index contributed by atoms with van der Waals surface area (Å²) < 4.78 is 37.2. The molecule has 4 aromatic rings. The fourth-order valence-corrected chi connectivity index (χ4v) is 5.27. The molecule has 0 saturated carbocycles. The van der Waals surface area contributed by atoms with Gasteiger partial charge in [0, 0.05) is 23.1 Å². The fraction of sp³-hybridized carbons (Fsp3) is 0.167. The summed E-state index contributed by atoms with van der Waals surface area (Å²) in [6.45, 7) is 2.04. The topological polar surface area (TPSA) is 102 Å². The number of hydrogen-bond donors (Lipinski definition) is 1. The molecule has 0 unspecified atom stereocenters. The minimum Gasteiger partial charge on any atom is -0.497 e. The van der Waals surface area contributed by atoms with Crippen LogP contribution in [0.3, 0.4) is 0 Å². The largest absolute Gasteiger partial charge is 0.497 e. The summed E-state index contributed by atoms with van der Waals surface area (Å²) >= 11 is 1.37. The van der Waals surface area contributed by atoms with Crippen LogP contribution in [0.25, 0.3) is 11.3 Å². The number of amides is 1. The number of aromatic nitrogens is 1. The third kappa shape index (κ3) is 5.04. The van der Waals surface area contributed by atoms with E-state index in [2.05, 4.69) is 10.3 Å². The van der Waals surface area contributed by atoms with Crippen molar-refractivity contribution >= 4 is 32.4 Å². The zero-order chi connectivity index (χ0) is 24.3. The molecular weight excluding hydrogens is 474 g/mol. The van der Waals surface area contributed by atoms with Crippen molar-refractivity contribution in [1.29, 1.82) is 0 Å². The highest BCUT2D eigenvalue weighted by molar-refractivity contribution is 7.89. The van der Waals surface area contributed by atoms with Crippen molar-refractivity contribution in [3.05, 3.63) is 83.1 Å². The fourth-order valence-electron chi connectivity index (χ4n) is 3.30. The van der Waals surface area contributed by atoms with Crippen molar-refractivity contribution in [1.82, 2.24) is 9.29 Å². The van der Waals surface area contributed by atoms with Crippen LogP contribution in [-0.2, 0) is 16.6 Å². The average Bonchev–Trinajstić information content (AvgIpc) is 3.48. The third-order valence-electron chi connectivity index (χ3n) is 5.16. The number of furan rings is 1. The number of benzene rings is 2. The normalized spacial score (nSPS) is 11.5. The van der Waals surface area contributed by atoms with Gasteiger partial charge in [0.1, 0.15) is 11.5 Å². The summed E-state index contributed by atoms with van der Waals surface area (Å²) in [5, 5.41) is 3.26. The molecule has 2 aromatic heterocycles. The minimum atomic E-state index is -3.73. The molecule has 10 heteroatoms. The molecule has 8 nitrogen and oxygen atoms in total. The van der Waals surface area contributed by atoms with Crippen molar-refractivity contribution in [3.63, 3.8) is 0 Å². The van der Waals surface area contributed by atoms with E-state index in [0.29, 0.717) is 16.5 Å². The number of carbonyl (C=O) groups excluding carboxylic acids is 1. The molecule has 4 rings (SSSR count). The van der Waals surface area contributed by atoms with Crippen LogP contribution in [0.5, 0.6) is 5.75 Å². The Morgan fingerprint density at radius 1 is 1.12 bits per heavy atom. The van der Waals surface area contributed by atoms with Gasteiger partial charge in [0.2, 0.25) is 10.0 Å². The number of sulfonamides is 1. The van der Waals surface area contributed by atoms with Gasteiger partial charge in [-0.05, 0) is 67.6 Å². The van der Waals surface area contributed by atoms with Crippen molar-refractivity contribution in [2.45, 2.75) is 18.4 Å². The van der Waals surface area contributed by atoms with Gasteiger partial charge >= 0.3 is 0 Å². The molecule has 2 aromatic carbocycles. The number of carbonyl (C=O) groups is 1. The second kappa shape index (κ2) is 9.80. The lowest BCUT2D eigenvalue weighted by atomic mass is 10.1. The molecule has 0 aliphatic carbocycles. The number of anilines is 1. The highest BCUT2D eigenvalue weighted by Crippen LogP contribution is 2.31. The molecule has 0 saturated heterocycles. The zero-order valence-corrected chi connectivity index (χ0v) is 20.4. The van der Waals surface area contributed by atoms with E-state index in [1.807, 2.05) is 31.2 Å². The van der Waals surface area contributed by atoms with Gasteiger partial charge in [0.05, 0.1) is 30.5 Å². The second-order valence-electron chi connectivity index (χ2n) is 7.47. The summed E-state index contributed by atoms with van der Waals surface area (Å²) in [6, 6.07) is 16.7.